The van der Waals surface area contributed by atoms with Crippen LogP contribution in [0.25, 0.3) is 0 Å². The van der Waals surface area contributed by atoms with Crippen molar-refractivity contribution in [3.8, 4) is 0 Å². The van der Waals surface area contributed by atoms with E-state index >= 15 is 0 Å². The van der Waals surface area contributed by atoms with Gasteiger partial charge in [-0.2, -0.15) is 0 Å². The summed E-state index contributed by atoms with van der Waals surface area (Å²) >= 11 is 0. The van der Waals surface area contributed by atoms with Crippen molar-refractivity contribution < 1.29 is 9.23 Å². The van der Waals surface area contributed by atoms with Gasteiger partial charge in [-0.3, -0.25) is 4.90 Å². The Balaban J connectivity index is 1.69. The molecule has 3 rings (SSSR count). The molecule has 102 valence electrons. The average molecular weight is 263 g/mol. The highest BCUT2D eigenvalue weighted by molar-refractivity contribution is 5.55. The molecule has 4 nitrogen and oxygen atoms in total. The van der Waals surface area contributed by atoms with Crippen LogP contribution in [-0.4, -0.2) is 35.6 Å². The summed E-state index contributed by atoms with van der Waals surface area (Å²) in [7, 11) is 0. The molecule has 2 aliphatic heterocycles. The van der Waals surface area contributed by atoms with Crippen molar-refractivity contribution in [3.05, 3.63) is 35.6 Å². The highest BCUT2D eigenvalue weighted by atomic mass is 19.1. The maximum absolute atomic E-state index is 12.9. The van der Waals surface area contributed by atoms with Crippen molar-refractivity contribution in [1.82, 2.24) is 9.80 Å². The van der Waals surface area contributed by atoms with Crippen molar-refractivity contribution in [3.63, 3.8) is 0 Å². The predicted octanol–water partition coefficient (Wildman–Crippen LogP) is 2.37. The van der Waals surface area contributed by atoms with E-state index in [1.807, 2.05) is 12.1 Å². The Kier molecular flexibility index (Phi) is 3.64. The molecule has 1 atom stereocenters. The number of hydrogen-bond acceptors (Lipinski definition) is 4. The number of piperidine rings is 1. The van der Waals surface area contributed by atoms with E-state index in [0.29, 0.717) is 12.9 Å². The largest absolute Gasteiger partial charge is 0.372 e. The van der Waals surface area contributed by atoms with Crippen LogP contribution in [0.1, 0.15) is 24.8 Å². The fraction of sp³-hybridized carbons (Fsp3) is 0.500. The van der Waals surface area contributed by atoms with E-state index in [2.05, 4.69) is 15.0 Å². The molecule has 1 aromatic carbocycles. The third kappa shape index (κ3) is 2.87. The maximum atomic E-state index is 12.9. The lowest BCUT2D eigenvalue weighted by atomic mass is 10.1. The number of rotatable bonds is 3. The van der Waals surface area contributed by atoms with Crippen molar-refractivity contribution in [2.45, 2.75) is 32.0 Å². The van der Waals surface area contributed by atoms with Gasteiger partial charge in [0.25, 0.3) is 0 Å². The molecule has 0 aliphatic carbocycles. The summed E-state index contributed by atoms with van der Waals surface area (Å²) in [6.07, 6.45) is 5.67. The topological polar surface area (TPSA) is 28.1 Å². The molecule has 0 radical (unpaired) electrons. The standard InChI is InChI=1S/C14H18FN3O/c15-13-6-4-12(5-7-13)9-17-8-2-1-3-14(17)18-10-16-19-11-18/h4-7,10,14H,1-3,8-9,11H2. The van der Waals surface area contributed by atoms with Crippen molar-refractivity contribution >= 4 is 6.34 Å². The van der Waals surface area contributed by atoms with Gasteiger partial charge in [0.05, 0.1) is 6.17 Å². The summed E-state index contributed by atoms with van der Waals surface area (Å²) in [5, 5.41) is 3.82. The minimum atomic E-state index is -0.181. The molecule has 0 amide bonds. The Bertz CT molecular complexity index is 449. The van der Waals surface area contributed by atoms with Gasteiger partial charge in [0.15, 0.2) is 6.73 Å². The van der Waals surface area contributed by atoms with E-state index < -0.39 is 0 Å². The predicted molar refractivity (Wildman–Crippen MR) is 70.7 cm³/mol. The second-order valence-electron chi connectivity index (χ2n) is 5.07. The van der Waals surface area contributed by atoms with E-state index in [1.54, 1.807) is 6.34 Å². The monoisotopic (exact) mass is 263 g/mol. The van der Waals surface area contributed by atoms with Crippen molar-refractivity contribution in [2.24, 2.45) is 5.16 Å². The second-order valence-corrected chi connectivity index (χ2v) is 5.07. The molecule has 19 heavy (non-hydrogen) atoms. The number of nitrogens with zero attached hydrogens (tertiary/aromatic N) is 3. The van der Waals surface area contributed by atoms with Gasteiger partial charge < -0.3 is 9.74 Å². The average Bonchev–Trinajstić information content (AvgIpc) is 2.96. The molecule has 5 heteroatoms. The van der Waals surface area contributed by atoms with Crippen molar-refractivity contribution in [1.29, 1.82) is 0 Å². The quantitative estimate of drug-likeness (QED) is 0.838. The van der Waals surface area contributed by atoms with Gasteiger partial charge in [-0.05, 0) is 37.0 Å². The molecule has 1 saturated heterocycles. The third-order valence-electron chi connectivity index (χ3n) is 3.74. The zero-order valence-electron chi connectivity index (χ0n) is 10.8. The zero-order chi connectivity index (χ0) is 13.1. The minimum Gasteiger partial charge on any atom is -0.372 e. The smallest absolute Gasteiger partial charge is 0.191 e. The summed E-state index contributed by atoms with van der Waals surface area (Å²) in [4.78, 5) is 9.59. The van der Waals surface area contributed by atoms with Crippen LogP contribution in [0.5, 0.6) is 0 Å². The Labute approximate surface area is 112 Å². The summed E-state index contributed by atoms with van der Waals surface area (Å²) in [5.41, 5.74) is 1.14. The first-order valence-electron chi connectivity index (χ1n) is 6.72. The van der Waals surface area contributed by atoms with Gasteiger partial charge in [-0.25, -0.2) is 4.39 Å². The Morgan fingerprint density at radius 2 is 2.11 bits per heavy atom. The number of oxime groups is 1. The van der Waals surface area contributed by atoms with Gasteiger partial charge in [0.2, 0.25) is 0 Å². The first-order valence-corrected chi connectivity index (χ1v) is 6.72. The highest BCUT2D eigenvalue weighted by Gasteiger charge is 2.28. The van der Waals surface area contributed by atoms with Crippen LogP contribution in [0.2, 0.25) is 0 Å². The lowest BCUT2D eigenvalue weighted by Crippen LogP contribution is -2.49. The molecule has 0 aromatic heterocycles. The highest BCUT2D eigenvalue weighted by Crippen LogP contribution is 2.23. The summed E-state index contributed by atoms with van der Waals surface area (Å²) in [6.45, 7) is 2.44. The van der Waals surface area contributed by atoms with Crippen LogP contribution in [0.4, 0.5) is 4.39 Å². The summed E-state index contributed by atoms with van der Waals surface area (Å²) < 4.78 is 12.9. The van der Waals surface area contributed by atoms with Crippen LogP contribution in [-0.2, 0) is 11.4 Å². The Morgan fingerprint density at radius 3 is 2.84 bits per heavy atom. The van der Waals surface area contributed by atoms with E-state index in [9.17, 15) is 4.39 Å². The molecular weight excluding hydrogens is 245 g/mol. The first-order chi connectivity index (χ1) is 9.33. The van der Waals surface area contributed by atoms with E-state index in [4.69, 9.17) is 4.84 Å². The Morgan fingerprint density at radius 1 is 1.26 bits per heavy atom. The molecule has 1 aromatic rings. The molecule has 0 spiro atoms. The van der Waals surface area contributed by atoms with Gasteiger partial charge in [0.1, 0.15) is 12.2 Å². The molecule has 0 saturated carbocycles. The summed E-state index contributed by atoms with van der Waals surface area (Å²) in [5.74, 6) is -0.181. The second kappa shape index (κ2) is 5.57. The van der Waals surface area contributed by atoms with E-state index in [0.717, 1.165) is 25.1 Å². The van der Waals surface area contributed by atoms with Gasteiger partial charge in [0, 0.05) is 13.1 Å². The number of hydrogen-bond donors (Lipinski definition) is 0. The van der Waals surface area contributed by atoms with Crippen molar-refractivity contribution in [2.75, 3.05) is 13.3 Å². The normalized spacial score (nSPS) is 23.6. The maximum Gasteiger partial charge on any atom is 0.191 e. The third-order valence-corrected chi connectivity index (χ3v) is 3.74. The Hall–Kier alpha value is -1.62. The lowest BCUT2D eigenvalue weighted by Gasteiger charge is -2.39. The van der Waals surface area contributed by atoms with Crippen LogP contribution >= 0.6 is 0 Å². The molecule has 2 heterocycles. The molecule has 0 bridgehead atoms. The number of likely N-dealkylation sites (tertiary alicyclic amines) is 1. The first kappa shape index (κ1) is 12.4. The van der Waals surface area contributed by atoms with E-state index in [1.165, 1.54) is 25.0 Å². The van der Waals surface area contributed by atoms with Crippen LogP contribution in [0, 0.1) is 5.82 Å². The SMILES string of the molecule is Fc1ccc(CN2CCCCC2N2C=NOC2)cc1. The molecule has 2 aliphatic rings. The lowest BCUT2D eigenvalue weighted by molar-refractivity contribution is 0.00493. The molecule has 1 unspecified atom stereocenters. The molecule has 0 N–H and O–H groups in total. The van der Waals surface area contributed by atoms with Crippen LogP contribution in [0.3, 0.4) is 0 Å². The van der Waals surface area contributed by atoms with Gasteiger partial charge in [-0.1, -0.05) is 17.3 Å². The number of benzene rings is 1. The molecular formula is C14H18FN3O. The van der Waals surface area contributed by atoms with E-state index in [-0.39, 0.29) is 5.82 Å². The van der Waals surface area contributed by atoms with Gasteiger partial charge >= 0.3 is 0 Å². The fourth-order valence-corrected chi connectivity index (χ4v) is 2.75. The summed E-state index contributed by atoms with van der Waals surface area (Å²) in [6, 6.07) is 6.76. The van der Waals surface area contributed by atoms with Crippen LogP contribution in [0.15, 0.2) is 29.4 Å². The van der Waals surface area contributed by atoms with Gasteiger partial charge in [-0.15, -0.1) is 0 Å². The minimum absolute atomic E-state index is 0.181. The zero-order valence-corrected chi connectivity index (χ0v) is 10.8. The fourth-order valence-electron chi connectivity index (χ4n) is 2.75. The number of halogens is 1. The van der Waals surface area contributed by atoms with Crippen LogP contribution < -0.4 is 0 Å². The molecule has 1 fully saturated rings.